The van der Waals surface area contributed by atoms with E-state index in [4.69, 9.17) is 0 Å². The second kappa shape index (κ2) is 9.80. The van der Waals surface area contributed by atoms with Crippen LogP contribution in [0.3, 0.4) is 0 Å². The zero-order valence-electron chi connectivity index (χ0n) is 15.9. The fourth-order valence-electron chi connectivity index (χ4n) is 2.54. The number of aryl methyl sites for hydroxylation is 2. The van der Waals surface area contributed by atoms with Gasteiger partial charge in [-0.2, -0.15) is 0 Å². The van der Waals surface area contributed by atoms with Crippen LogP contribution in [0.15, 0.2) is 53.4 Å². The van der Waals surface area contributed by atoms with Crippen LogP contribution < -0.4 is 9.62 Å². The topological polar surface area (TPSA) is 66.5 Å². The SMILES string of the molecule is Cc1ccc(SCCCNC(=O)CN(c2ccccc2C)S(C)(=O)=O)cc1. The van der Waals surface area contributed by atoms with E-state index < -0.39 is 10.0 Å². The van der Waals surface area contributed by atoms with E-state index in [2.05, 4.69) is 36.5 Å². The number of rotatable bonds is 9. The lowest BCUT2D eigenvalue weighted by molar-refractivity contribution is -0.119. The van der Waals surface area contributed by atoms with Crippen LogP contribution in [0, 0.1) is 13.8 Å². The van der Waals surface area contributed by atoms with E-state index in [1.807, 2.05) is 19.1 Å². The highest BCUT2D eigenvalue weighted by molar-refractivity contribution is 7.99. The van der Waals surface area contributed by atoms with Crippen molar-refractivity contribution in [1.82, 2.24) is 5.32 Å². The van der Waals surface area contributed by atoms with Crippen LogP contribution in [0.1, 0.15) is 17.5 Å². The predicted molar refractivity (Wildman–Crippen MR) is 113 cm³/mol. The molecule has 0 bridgehead atoms. The third-order valence-electron chi connectivity index (χ3n) is 4.00. The molecule has 1 N–H and O–H groups in total. The Balaban J connectivity index is 1.82. The molecule has 7 heteroatoms. The molecule has 0 heterocycles. The maximum atomic E-state index is 12.2. The van der Waals surface area contributed by atoms with Crippen LogP contribution >= 0.6 is 11.8 Å². The summed E-state index contributed by atoms with van der Waals surface area (Å²) in [5.74, 6) is 0.584. The van der Waals surface area contributed by atoms with E-state index in [9.17, 15) is 13.2 Å². The van der Waals surface area contributed by atoms with E-state index in [0.29, 0.717) is 12.2 Å². The Morgan fingerprint density at radius 2 is 1.74 bits per heavy atom. The molecule has 2 aromatic carbocycles. The van der Waals surface area contributed by atoms with Crippen molar-refractivity contribution in [3.8, 4) is 0 Å². The normalized spacial score (nSPS) is 11.2. The fourth-order valence-corrected chi connectivity index (χ4v) is 4.30. The molecule has 0 atom stereocenters. The summed E-state index contributed by atoms with van der Waals surface area (Å²) >= 11 is 1.74. The van der Waals surface area contributed by atoms with Gasteiger partial charge in [0, 0.05) is 11.4 Å². The highest BCUT2D eigenvalue weighted by Gasteiger charge is 2.21. The van der Waals surface area contributed by atoms with Crippen molar-refractivity contribution in [3.05, 3.63) is 59.7 Å². The molecule has 0 aliphatic carbocycles. The molecule has 146 valence electrons. The third kappa shape index (κ3) is 6.92. The minimum atomic E-state index is -3.54. The number of nitrogens with zero attached hydrogens (tertiary/aromatic N) is 1. The van der Waals surface area contributed by atoms with E-state index in [0.717, 1.165) is 28.3 Å². The highest BCUT2D eigenvalue weighted by Crippen LogP contribution is 2.22. The molecular formula is C20H26N2O3S2. The van der Waals surface area contributed by atoms with Crippen LogP contribution in [-0.2, 0) is 14.8 Å². The standard InChI is InChI=1S/C20H26N2O3S2/c1-16-9-11-18(12-10-16)26-14-6-13-21-20(23)15-22(27(3,24)25)19-8-5-4-7-17(19)2/h4-5,7-12H,6,13-15H2,1-3H3,(H,21,23). The van der Waals surface area contributed by atoms with Crippen LogP contribution in [-0.4, -0.2) is 39.4 Å². The molecular weight excluding hydrogens is 380 g/mol. The number of carbonyl (C=O) groups excluding carboxylic acids is 1. The quantitative estimate of drug-likeness (QED) is 0.512. The number of sulfonamides is 1. The molecule has 0 aromatic heterocycles. The van der Waals surface area contributed by atoms with Crippen LogP contribution in [0.25, 0.3) is 0 Å². The van der Waals surface area contributed by atoms with Crippen molar-refractivity contribution in [3.63, 3.8) is 0 Å². The van der Waals surface area contributed by atoms with E-state index in [-0.39, 0.29) is 12.5 Å². The smallest absolute Gasteiger partial charge is 0.240 e. The lowest BCUT2D eigenvalue weighted by atomic mass is 10.2. The lowest BCUT2D eigenvalue weighted by Crippen LogP contribution is -2.41. The molecule has 0 aliphatic rings. The Labute approximate surface area is 166 Å². The van der Waals surface area contributed by atoms with Gasteiger partial charge in [-0.05, 0) is 49.8 Å². The number of anilines is 1. The molecule has 0 aliphatic heterocycles. The minimum Gasteiger partial charge on any atom is -0.354 e. The monoisotopic (exact) mass is 406 g/mol. The second-order valence-corrected chi connectivity index (χ2v) is 9.50. The molecule has 1 amide bonds. The summed E-state index contributed by atoms with van der Waals surface area (Å²) in [5, 5.41) is 2.81. The summed E-state index contributed by atoms with van der Waals surface area (Å²) in [6.45, 7) is 4.19. The zero-order chi connectivity index (χ0) is 19.9. The Morgan fingerprint density at radius 3 is 2.37 bits per heavy atom. The Kier molecular flexibility index (Phi) is 7.74. The molecule has 0 spiro atoms. The minimum absolute atomic E-state index is 0.214. The highest BCUT2D eigenvalue weighted by atomic mass is 32.2. The van der Waals surface area contributed by atoms with Crippen molar-refractivity contribution < 1.29 is 13.2 Å². The molecule has 0 saturated carbocycles. The number of hydrogen-bond donors (Lipinski definition) is 1. The number of benzene rings is 2. The van der Waals surface area contributed by atoms with Gasteiger partial charge in [-0.1, -0.05) is 35.9 Å². The molecule has 27 heavy (non-hydrogen) atoms. The van der Waals surface area contributed by atoms with Crippen LogP contribution in [0.2, 0.25) is 0 Å². The van der Waals surface area contributed by atoms with Gasteiger partial charge >= 0.3 is 0 Å². The van der Waals surface area contributed by atoms with Crippen molar-refractivity contribution in [2.75, 3.05) is 29.4 Å². The molecule has 0 saturated heterocycles. The van der Waals surface area contributed by atoms with E-state index in [1.54, 1.807) is 23.9 Å². The van der Waals surface area contributed by atoms with Crippen LogP contribution in [0.4, 0.5) is 5.69 Å². The molecule has 0 radical (unpaired) electrons. The first kappa shape index (κ1) is 21.3. The van der Waals surface area contributed by atoms with Gasteiger partial charge in [0.15, 0.2) is 0 Å². The molecule has 0 unspecified atom stereocenters. The van der Waals surface area contributed by atoms with Crippen LogP contribution in [0.5, 0.6) is 0 Å². The first-order valence-electron chi connectivity index (χ1n) is 8.77. The Morgan fingerprint density at radius 1 is 1.07 bits per heavy atom. The number of hydrogen-bond acceptors (Lipinski definition) is 4. The van der Waals surface area contributed by atoms with Gasteiger partial charge in [-0.3, -0.25) is 9.10 Å². The molecule has 2 rings (SSSR count). The van der Waals surface area contributed by atoms with Gasteiger partial charge in [0.2, 0.25) is 15.9 Å². The largest absolute Gasteiger partial charge is 0.354 e. The van der Waals surface area contributed by atoms with Gasteiger partial charge in [0.1, 0.15) is 6.54 Å². The molecule has 5 nitrogen and oxygen atoms in total. The van der Waals surface area contributed by atoms with E-state index in [1.165, 1.54) is 10.5 Å². The summed E-state index contributed by atoms with van der Waals surface area (Å²) < 4.78 is 25.4. The molecule has 0 fully saturated rings. The Hall–Kier alpha value is -1.99. The first-order valence-corrected chi connectivity index (χ1v) is 11.6. The van der Waals surface area contributed by atoms with Gasteiger partial charge in [-0.25, -0.2) is 8.42 Å². The summed E-state index contributed by atoms with van der Waals surface area (Å²) in [6, 6.07) is 15.5. The maximum Gasteiger partial charge on any atom is 0.240 e. The zero-order valence-corrected chi connectivity index (χ0v) is 17.6. The van der Waals surface area contributed by atoms with Gasteiger partial charge in [-0.15, -0.1) is 11.8 Å². The average Bonchev–Trinajstić information content (AvgIpc) is 2.61. The van der Waals surface area contributed by atoms with Crippen molar-refractivity contribution in [2.45, 2.75) is 25.2 Å². The number of thioether (sulfide) groups is 1. The number of amides is 1. The summed E-state index contributed by atoms with van der Waals surface area (Å²) in [6.07, 6.45) is 1.93. The summed E-state index contributed by atoms with van der Waals surface area (Å²) in [5.41, 5.74) is 2.57. The third-order valence-corrected chi connectivity index (χ3v) is 6.23. The maximum absolute atomic E-state index is 12.2. The van der Waals surface area contributed by atoms with Gasteiger partial charge < -0.3 is 5.32 Å². The fraction of sp³-hybridized carbons (Fsp3) is 0.350. The van der Waals surface area contributed by atoms with Gasteiger partial charge in [0.25, 0.3) is 0 Å². The Bertz CT molecular complexity index is 865. The first-order chi connectivity index (χ1) is 12.8. The van der Waals surface area contributed by atoms with Gasteiger partial charge in [0.05, 0.1) is 11.9 Å². The average molecular weight is 407 g/mol. The summed E-state index contributed by atoms with van der Waals surface area (Å²) in [4.78, 5) is 13.4. The molecule has 2 aromatic rings. The van der Waals surface area contributed by atoms with Crippen molar-refractivity contribution >= 4 is 33.4 Å². The van der Waals surface area contributed by atoms with Crippen molar-refractivity contribution in [1.29, 1.82) is 0 Å². The number of nitrogens with one attached hydrogen (secondary N) is 1. The second-order valence-electron chi connectivity index (χ2n) is 6.42. The van der Waals surface area contributed by atoms with Crippen molar-refractivity contribution in [2.24, 2.45) is 0 Å². The lowest BCUT2D eigenvalue weighted by Gasteiger charge is -2.23. The number of para-hydroxylation sites is 1. The van der Waals surface area contributed by atoms with E-state index >= 15 is 0 Å². The number of carbonyl (C=O) groups is 1. The predicted octanol–water partition coefficient (Wildman–Crippen LogP) is 3.37. The summed E-state index contributed by atoms with van der Waals surface area (Å²) in [7, 11) is -3.54.